The van der Waals surface area contributed by atoms with Gasteiger partial charge < -0.3 is 0 Å². The molecule has 1 N–H and O–H groups in total. The molecule has 0 aromatic heterocycles. The standard InChI is InChI=1S/C12H19OSi.3C4H9.Sn/c1-11(13)9-10-14(2,3)12-7-5-4-6-8-12;3*1-3-4-2;/h4-8,10-11,13H,9H2,1-3H3;3*1,3-4H2,2H3;/t11-;;;;/m1..../s1. The van der Waals surface area contributed by atoms with Gasteiger partial charge in [0.1, 0.15) is 0 Å². The second kappa shape index (κ2) is 12.7. The summed E-state index contributed by atoms with van der Waals surface area (Å²) in [7, 11) is -1.62. The number of rotatable bonds is 14. The van der Waals surface area contributed by atoms with Crippen molar-refractivity contribution in [1.29, 1.82) is 0 Å². The number of aliphatic hydroxyl groups excluding tert-OH is 1. The van der Waals surface area contributed by atoms with Crippen LogP contribution in [0.5, 0.6) is 0 Å². The number of hydrogen-bond acceptors (Lipinski definition) is 1. The third kappa shape index (κ3) is 7.51. The van der Waals surface area contributed by atoms with Gasteiger partial charge in [0, 0.05) is 0 Å². The van der Waals surface area contributed by atoms with E-state index in [1.807, 2.05) is 6.92 Å². The van der Waals surface area contributed by atoms with Gasteiger partial charge in [0.15, 0.2) is 0 Å². The Bertz CT molecular complexity index is 479. The van der Waals surface area contributed by atoms with Gasteiger partial charge in [-0.15, -0.1) is 0 Å². The molecule has 0 saturated heterocycles. The molecule has 1 aromatic rings. The normalized spacial score (nSPS) is 14.9. The Morgan fingerprint density at radius 2 is 1.30 bits per heavy atom. The molecule has 1 aromatic carbocycles. The van der Waals surface area contributed by atoms with Gasteiger partial charge in [0.2, 0.25) is 0 Å². The number of aliphatic hydroxyl groups is 1. The molecule has 1 rings (SSSR count). The molecule has 0 aliphatic heterocycles. The van der Waals surface area contributed by atoms with Gasteiger partial charge in [-0.2, -0.15) is 0 Å². The summed E-state index contributed by atoms with van der Waals surface area (Å²) in [6.45, 7) is 14.4. The molecule has 1 nitrogen and oxygen atoms in total. The van der Waals surface area contributed by atoms with Crippen LogP contribution in [0, 0.1) is 0 Å². The molecule has 0 aliphatic rings. The second-order valence-corrected chi connectivity index (χ2v) is 29.8. The molecule has 0 saturated carbocycles. The molecular formula is C24H46OSiSn. The van der Waals surface area contributed by atoms with E-state index in [1.165, 1.54) is 38.5 Å². The Balaban J connectivity index is 3.41. The summed E-state index contributed by atoms with van der Waals surface area (Å²) >= 11 is -2.42. The van der Waals surface area contributed by atoms with Crippen LogP contribution in [0.4, 0.5) is 0 Å². The first-order chi connectivity index (χ1) is 12.8. The first kappa shape index (κ1) is 25.2. The fraction of sp³-hybridized carbons (Fsp3) is 0.750. The zero-order valence-corrected chi connectivity index (χ0v) is 22.9. The Kier molecular flexibility index (Phi) is 11.9. The van der Waals surface area contributed by atoms with Crippen LogP contribution >= 0.6 is 0 Å². The first-order valence-corrected chi connectivity index (χ1v) is 22.4. The molecule has 0 aliphatic carbocycles. The Labute approximate surface area is 175 Å². The van der Waals surface area contributed by atoms with Crippen LogP contribution < -0.4 is 5.19 Å². The molecule has 0 fully saturated rings. The van der Waals surface area contributed by atoms with Gasteiger partial charge in [0.25, 0.3) is 0 Å². The summed E-state index contributed by atoms with van der Waals surface area (Å²) in [5, 5.41) is 12.1. The van der Waals surface area contributed by atoms with Crippen molar-refractivity contribution in [2.24, 2.45) is 0 Å². The molecule has 0 bridgehead atoms. The molecular weight excluding hydrogens is 451 g/mol. The fourth-order valence-corrected chi connectivity index (χ4v) is 43.1. The van der Waals surface area contributed by atoms with Crippen LogP contribution in [0.2, 0.25) is 30.0 Å². The number of unbranched alkanes of at least 4 members (excludes halogenated alkanes) is 3. The average molecular weight is 497 g/mol. The second-order valence-electron chi connectivity index (χ2n) is 9.40. The molecule has 2 atom stereocenters. The molecule has 0 unspecified atom stereocenters. The molecule has 3 heteroatoms. The predicted octanol–water partition coefficient (Wildman–Crippen LogP) is 7.13. The number of hydrogen-bond donors (Lipinski definition) is 1. The van der Waals surface area contributed by atoms with Crippen molar-refractivity contribution in [2.75, 3.05) is 0 Å². The summed E-state index contributed by atoms with van der Waals surface area (Å²) in [6, 6.07) is 11.4. The van der Waals surface area contributed by atoms with E-state index in [-0.39, 0.29) is 6.10 Å². The molecule has 0 amide bonds. The molecule has 27 heavy (non-hydrogen) atoms. The number of benzene rings is 1. The van der Waals surface area contributed by atoms with Gasteiger partial charge in [0.05, 0.1) is 0 Å². The zero-order chi connectivity index (χ0) is 20.3. The van der Waals surface area contributed by atoms with E-state index in [0.29, 0.717) is 0 Å². The molecule has 0 heterocycles. The van der Waals surface area contributed by atoms with Crippen molar-refractivity contribution in [2.45, 2.75) is 109 Å². The van der Waals surface area contributed by atoms with Crippen molar-refractivity contribution >= 4 is 31.6 Å². The predicted molar refractivity (Wildman–Crippen MR) is 129 cm³/mol. The van der Waals surface area contributed by atoms with Crippen LogP contribution in [-0.4, -0.2) is 37.7 Å². The minimum atomic E-state index is -2.42. The van der Waals surface area contributed by atoms with Gasteiger partial charge in [-0.1, -0.05) is 0 Å². The van der Waals surface area contributed by atoms with E-state index in [4.69, 9.17) is 0 Å². The van der Waals surface area contributed by atoms with Gasteiger partial charge >= 0.3 is 176 Å². The van der Waals surface area contributed by atoms with Crippen LogP contribution in [0.15, 0.2) is 30.3 Å². The van der Waals surface area contributed by atoms with Crippen LogP contribution in [0.3, 0.4) is 0 Å². The van der Waals surface area contributed by atoms with Crippen molar-refractivity contribution in [3.63, 3.8) is 0 Å². The maximum atomic E-state index is 10.5. The maximum absolute atomic E-state index is 10.5. The Morgan fingerprint density at radius 1 is 0.852 bits per heavy atom. The SMILES string of the molecule is CCC[CH2][Sn]([CH2]CCC)([CH2]CCC)[C@@H](C[C@@H](C)O)[Si](C)(C)c1ccccc1. The topological polar surface area (TPSA) is 20.2 Å². The summed E-state index contributed by atoms with van der Waals surface area (Å²) in [6.07, 6.45) is 9.12. The van der Waals surface area contributed by atoms with E-state index < -0.39 is 26.5 Å². The van der Waals surface area contributed by atoms with Crippen molar-refractivity contribution in [1.82, 2.24) is 0 Å². The third-order valence-corrected chi connectivity index (χ3v) is 37.3. The molecule has 0 radical (unpaired) electrons. The Morgan fingerprint density at radius 3 is 1.67 bits per heavy atom. The van der Waals surface area contributed by atoms with E-state index >= 15 is 0 Å². The van der Waals surface area contributed by atoms with E-state index in [1.54, 1.807) is 18.5 Å². The Hall–Kier alpha value is 0.196. The van der Waals surface area contributed by atoms with Crippen LogP contribution in [0.1, 0.15) is 72.6 Å². The van der Waals surface area contributed by atoms with Gasteiger partial charge in [-0.25, -0.2) is 0 Å². The van der Waals surface area contributed by atoms with E-state index in [9.17, 15) is 5.11 Å². The summed E-state index contributed by atoms with van der Waals surface area (Å²) in [5.74, 6) is 0. The zero-order valence-electron chi connectivity index (χ0n) is 19.1. The monoisotopic (exact) mass is 498 g/mol. The van der Waals surface area contributed by atoms with Gasteiger partial charge in [-0.3, -0.25) is 0 Å². The minimum absolute atomic E-state index is 0.161. The van der Waals surface area contributed by atoms with E-state index in [2.05, 4.69) is 64.2 Å². The quantitative estimate of drug-likeness (QED) is 0.271. The fourth-order valence-electron chi connectivity index (χ4n) is 5.20. The molecule has 156 valence electrons. The van der Waals surface area contributed by atoms with Gasteiger partial charge in [-0.05, 0) is 0 Å². The molecule has 0 spiro atoms. The van der Waals surface area contributed by atoms with Crippen molar-refractivity contribution in [3.8, 4) is 0 Å². The summed E-state index contributed by atoms with van der Waals surface area (Å²) in [5.41, 5.74) is 0. The average Bonchev–Trinajstić information content (AvgIpc) is 2.66. The van der Waals surface area contributed by atoms with Crippen molar-refractivity contribution < 1.29 is 5.11 Å². The van der Waals surface area contributed by atoms with Crippen molar-refractivity contribution in [3.05, 3.63) is 30.3 Å². The third-order valence-electron chi connectivity index (χ3n) is 6.79. The summed E-state index contributed by atoms with van der Waals surface area (Å²) in [4.78, 5) is 0. The first-order valence-electron chi connectivity index (χ1n) is 11.6. The van der Waals surface area contributed by atoms with Crippen LogP contribution in [-0.2, 0) is 0 Å². The van der Waals surface area contributed by atoms with E-state index in [0.717, 1.165) is 9.98 Å². The van der Waals surface area contributed by atoms with Crippen LogP contribution in [0.25, 0.3) is 0 Å². The summed E-state index contributed by atoms with van der Waals surface area (Å²) < 4.78 is 5.49.